The molecule has 0 bridgehead atoms. The molecule has 0 spiro atoms. The molecule has 1 heterocycles. The number of hydrogen-bond donors (Lipinski definition) is 2. The van der Waals surface area contributed by atoms with Gasteiger partial charge in [-0.2, -0.15) is 15.4 Å². The standard InChI is InChI=1S/C8H13ClN4O/c1-5(9)3-6(2)11-8(14)7-4-10-13-12-7/h4-6H,3H2,1-2H3,(H,11,14)(H,10,12,13). The zero-order chi connectivity index (χ0) is 10.6. The Labute approximate surface area is 87.2 Å². The first kappa shape index (κ1) is 11.0. The number of alkyl halides is 1. The topological polar surface area (TPSA) is 70.7 Å². The van der Waals surface area contributed by atoms with Crippen molar-refractivity contribution in [2.45, 2.75) is 31.7 Å². The number of nitrogens with zero attached hydrogens (tertiary/aromatic N) is 2. The van der Waals surface area contributed by atoms with Crippen molar-refractivity contribution in [2.75, 3.05) is 0 Å². The van der Waals surface area contributed by atoms with Gasteiger partial charge in [-0.05, 0) is 20.3 Å². The lowest BCUT2D eigenvalue weighted by atomic mass is 10.2. The highest BCUT2D eigenvalue weighted by molar-refractivity contribution is 6.20. The monoisotopic (exact) mass is 216 g/mol. The lowest BCUT2D eigenvalue weighted by Gasteiger charge is -2.13. The van der Waals surface area contributed by atoms with Crippen molar-refractivity contribution in [3.63, 3.8) is 0 Å². The van der Waals surface area contributed by atoms with Gasteiger partial charge < -0.3 is 5.32 Å². The van der Waals surface area contributed by atoms with Crippen LogP contribution in [0.25, 0.3) is 0 Å². The summed E-state index contributed by atoms with van der Waals surface area (Å²) in [6.07, 6.45) is 2.11. The molecular formula is C8H13ClN4O. The summed E-state index contributed by atoms with van der Waals surface area (Å²) in [5.74, 6) is -0.233. The van der Waals surface area contributed by atoms with Gasteiger partial charge in [0.15, 0.2) is 5.69 Å². The van der Waals surface area contributed by atoms with Crippen molar-refractivity contribution in [1.82, 2.24) is 20.7 Å². The molecule has 0 aliphatic rings. The van der Waals surface area contributed by atoms with Crippen LogP contribution in [-0.2, 0) is 0 Å². The van der Waals surface area contributed by atoms with Crippen LogP contribution < -0.4 is 5.32 Å². The summed E-state index contributed by atoms with van der Waals surface area (Å²) >= 11 is 5.80. The number of rotatable bonds is 4. The molecule has 1 amide bonds. The zero-order valence-electron chi connectivity index (χ0n) is 8.12. The van der Waals surface area contributed by atoms with Gasteiger partial charge in [0.05, 0.1) is 6.20 Å². The molecule has 0 saturated heterocycles. The molecule has 78 valence electrons. The van der Waals surface area contributed by atoms with Crippen LogP contribution in [0.5, 0.6) is 0 Å². The van der Waals surface area contributed by atoms with Gasteiger partial charge in [0.1, 0.15) is 0 Å². The molecule has 6 heteroatoms. The Morgan fingerprint density at radius 3 is 2.93 bits per heavy atom. The molecule has 1 rings (SSSR count). The second-order valence-corrected chi connectivity index (χ2v) is 3.99. The van der Waals surface area contributed by atoms with Gasteiger partial charge in [0, 0.05) is 11.4 Å². The van der Waals surface area contributed by atoms with Gasteiger partial charge in [-0.15, -0.1) is 11.6 Å². The minimum atomic E-state index is -0.233. The Bertz CT molecular complexity index is 286. The first-order chi connectivity index (χ1) is 6.59. The van der Waals surface area contributed by atoms with E-state index in [2.05, 4.69) is 20.7 Å². The second kappa shape index (κ2) is 4.95. The lowest BCUT2D eigenvalue weighted by molar-refractivity contribution is 0.0933. The van der Waals surface area contributed by atoms with Crippen molar-refractivity contribution < 1.29 is 4.79 Å². The number of H-pyrrole nitrogens is 1. The molecule has 2 unspecified atom stereocenters. The van der Waals surface area contributed by atoms with E-state index < -0.39 is 0 Å². The Balaban J connectivity index is 2.41. The molecule has 0 aliphatic carbocycles. The molecule has 0 saturated carbocycles. The zero-order valence-corrected chi connectivity index (χ0v) is 8.88. The van der Waals surface area contributed by atoms with Crippen molar-refractivity contribution in [3.8, 4) is 0 Å². The number of hydrogen-bond acceptors (Lipinski definition) is 3. The van der Waals surface area contributed by atoms with Crippen LogP contribution in [0.4, 0.5) is 0 Å². The molecule has 1 aromatic rings. The third-order valence-electron chi connectivity index (χ3n) is 1.70. The van der Waals surface area contributed by atoms with Gasteiger partial charge in [-0.1, -0.05) is 0 Å². The maximum atomic E-state index is 11.4. The Morgan fingerprint density at radius 2 is 2.43 bits per heavy atom. The van der Waals surface area contributed by atoms with Crippen LogP contribution in [-0.4, -0.2) is 32.7 Å². The number of halogens is 1. The second-order valence-electron chi connectivity index (χ2n) is 3.25. The van der Waals surface area contributed by atoms with Gasteiger partial charge in [-0.25, -0.2) is 0 Å². The van der Waals surface area contributed by atoms with Crippen LogP contribution in [0.1, 0.15) is 30.8 Å². The van der Waals surface area contributed by atoms with E-state index in [1.54, 1.807) is 0 Å². The summed E-state index contributed by atoms with van der Waals surface area (Å²) < 4.78 is 0. The van der Waals surface area contributed by atoms with Crippen LogP contribution in [0.15, 0.2) is 6.20 Å². The third kappa shape index (κ3) is 3.33. The predicted molar refractivity (Wildman–Crippen MR) is 53.2 cm³/mol. The fourth-order valence-electron chi connectivity index (χ4n) is 1.15. The molecule has 0 fully saturated rings. The number of aromatic nitrogens is 3. The quantitative estimate of drug-likeness (QED) is 0.736. The van der Waals surface area contributed by atoms with E-state index >= 15 is 0 Å². The number of nitrogens with one attached hydrogen (secondary N) is 2. The number of aromatic amines is 1. The highest BCUT2D eigenvalue weighted by Crippen LogP contribution is 2.04. The number of carbonyl (C=O) groups is 1. The SMILES string of the molecule is CC(Cl)CC(C)NC(=O)c1cn[nH]n1. The number of amides is 1. The largest absolute Gasteiger partial charge is 0.348 e. The highest BCUT2D eigenvalue weighted by Gasteiger charge is 2.13. The maximum Gasteiger partial charge on any atom is 0.273 e. The maximum absolute atomic E-state index is 11.4. The van der Waals surface area contributed by atoms with Gasteiger partial charge in [0.25, 0.3) is 5.91 Å². The van der Waals surface area contributed by atoms with E-state index in [4.69, 9.17) is 11.6 Å². The highest BCUT2D eigenvalue weighted by atomic mass is 35.5. The fourth-order valence-corrected chi connectivity index (χ4v) is 1.42. The summed E-state index contributed by atoms with van der Waals surface area (Å²) in [6.45, 7) is 3.79. The smallest absolute Gasteiger partial charge is 0.273 e. The van der Waals surface area contributed by atoms with Crippen molar-refractivity contribution >= 4 is 17.5 Å². The summed E-state index contributed by atoms with van der Waals surface area (Å²) in [6, 6.07) is 0.0340. The Hall–Kier alpha value is -1.10. The van der Waals surface area contributed by atoms with E-state index in [0.29, 0.717) is 5.69 Å². The molecule has 2 atom stereocenters. The molecule has 14 heavy (non-hydrogen) atoms. The summed E-state index contributed by atoms with van der Waals surface area (Å²) in [5, 5.41) is 12.4. The Morgan fingerprint density at radius 1 is 1.71 bits per heavy atom. The average Bonchev–Trinajstić information content (AvgIpc) is 2.53. The summed E-state index contributed by atoms with van der Waals surface area (Å²) in [5.41, 5.74) is 0.291. The van der Waals surface area contributed by atoms with E-state index in [-0.39, 0.29) is 17.3 Å². The van der Waals surface area contributed by atoms with Crippen molar-refractivity contribution in [3.05, 3.63) is 11.9 Å². The van der Waals surface area contributed by atoms with E-state index in [1.807, 2.05) is 13.8 Å². The van der Waals surface area contributed by atoms with Crippen molar-refractivity contribution in [2.24, 2.45) is 0 Å². The molecule has 2 N–H and O–H groups in total. The first-order valence-electron chi connectivity index (χ1n) is 4.40. The molecule has 0 aromatic carbocycles. The minimum Gasteiger partial charge on any atom is -0.348 e. The Kier molecular flexibility index (Phi) is 3.88. The minimum absolute atomic E-state index is 0.0340. The average molecular weight is 217 g/mol. The normalized spacial score (nSPS) is 14.8. The van der Waals surface area contributed by atoms with Crippen LogP contribution in [0, 0.1) is 0 Å². The molecule has 5 nitrogen and oxygen atoms in total. The predicted octanol–water partition coefficient (Wildman–Crippen LogP) is 0.940. The van der Waals surface area contributed by atoms with Crippen LogP contribution in [0.2, 0.25) is 0 Å². The molecule has 1 aromatic heterocycles. The third-order valence-corrected chi connectivity index (χ3v) is 1.88. The lowest BCUT2D eigenvalue weighted by Crippen LogP contribution is -2.34. The first-order valence-corrected chi connectivity index (χ1v) is 4.84. The summed E-state index contributed by atoms with van der Waals surface area (Å²) in [7, 11) is 0. The van der Waals surface area contributed by atoms with E-state index in [1.165, 1.54) is 6.20 Å². The van der Waals surface area contributed by atoms with Crippen LogP contribution in [0.3, 0.4) is 0 Å². The van der Waals surface area contributed by atoms with Gasteiger partial charge >= 0.3 is 0 Å². The van der Waals surface area contributed by atoms with Gasteiger partial charge in [0.2, 0.25) is 0 Å². The molecular weight excluding hydrogens is 204 g/mol. The van der Waals surface area contributed by atoms with E-state index in [0.717, 1.165) is 6.42 Å². The van der Waals surface area contributed by atoms with Crippen molar-refractivity contribution in [1.29, 1.82) is 0 Å². The molecule has 0 radical (unpaired) electrons. The number of carbonyl (C=O) groups excluding carboxylic acids is 1. The van der Waals surface area contributed by atoms with Gasteiger partial charge in [-0.3, -0.25) is 4.79 Å². The molecule has 0 aliphatic heterocycles. The fraction of sp³-hybridized carbons (Fsp3) is 0.625. The van der Waals surface area contributed by atoms with Crippen LogP contribution >= 0.6 is 11.6 Å². The summed E-state index contributed by atoms with van der Waals surface area (Å²) in [4.78, 5) is 11.4. The van der Waals surface area contributed by atoms with E-state index in [9.17, 15) is 4.79 Å².